The van der Waals surface area contributed by atoms with E-state index in [2.05, 4.69) is 29.4 Å². The molecule has 1 aliphatic rings. The number of carbonyl (C=O) groups is 1. The van der Waals surface area contributed by atoms with Crippen molar-refractivity contribution in [3.8, 4) is 0 Å². The molecule has 6 nitrogen and oxygen atoms in total. The lowest BCUT2D eigenvalue weighted by Crippen LogP contribution is -2.25. The number of anilines is 5. The van der Waals surface area contributed by atoms with Crippen LogP contribution < -0.4 is 15.1 Å². The number of aromatic nitrogens is 1. The fourth-order valence-corrected chi connectivity index (χ4v) is 3.66. The average molecular weight is 388 g/mol. The molecule has 0 bridgehead atoms. The maximum Gasteiger partial charge on any atom is 0.260 e. The number of nitrogens with one attached hydrogen (secondary N) is 1. The monoisotopic (exact) mass is 388 g/mol. The summed E-state index contributed by atoms with van der Waals surface area (Å²) < 4.78 is 5.34. The number of pyridine rings is 1. The number of para-hydroxylation sites is 1. The Morgan fingerprint density at radius 2 is 1.79 bits per heavy atom. The molecule has 0 aliphatic carbocycles. The van der Waals surface area contributed by atoms with Gasteiger partial charge in [-0.25, -0.2) is 4.98 Å². The van der Waals surface area contributed by atoms with E-state index in [-0.39, 0.29) is 5.91 Å². The molecule has 0 radical (unpaired) electrons. The van der Waals surface area contributed by atoms with Crippen molar-refractivity contribution in [1.82, 2.24) is 4.98 Å². The summed E-state index contributed by atoms with van der Waals surface area (Å²) in [5.74, 6) is 0.659. The minimum absolute atomic E-state index is 0.0466. The van der Waals surface area contributed by atoms with Gasteiger partial charge in [-0.3, -0.25) is 4.79 Å². The van der Waals surface area contributed by atoms with E-state index >= 15 is 0 Å². The molecule has 4 rings (SSSR count). The summed E-state index contributed by atoms with van der Waals surface area (Å²) in [5, 5.41) is 3.40. The predicted molar refractivity (Wildman–Crippen MR) is 117 cm³/mol. The van der Waals surface area contributed by atoms with Crippen LogP contribution in [0.25, 0.3) is 0 Å². The highest BCUT2D eigenvalue weighted by Gasteiger charge is 2.27. The molecule has 0 atom stereocenters. The van der Waals surface area contributed by atoms with E-state index in [1.807, 2.05) is 48.3 Å². The molecule has 29 heavy (non-hydrogen) atoms. The normalized spacial score (nSPS) is 13.0. The molecule has 3 aromatic rings. The lowest BCUT2D eigenvalue weighted by atomic mass is 10.1. The Balaban J connectivity index is 1.76. The highest BCUT2D eigenvalue weighted by molar-refractivity contribution is 6.13. The van der Waals surface area contributed by atoms with Gasteiger partial charge in [0.15, 0.2) is 0 Å². The van der Waals surface area contributed by atoms with Crippen LogP contribution in [0.2, 0.25) is 0 Å². The number of methoxy groups -OCH3 is 1. The number of carbonyl (C=O) groups excluding carboxylic acids is 1. The maximum absolute atomic E-state index is 12.9. The second-order valence-electron chi connectivity index (χ2n) is 7.22. The summed E-state index contributed by atoms with van der Waals surface area (Å²) >= 11 is 0. The first-order valence-corrected chi connectivity index (χ1v) is 9.46. The van der Waals surface area contributed by atoms with Gasteiger partial charge in [-0.15, -0.1) is 0 Å². The molecule has 2 aromatic carbocycles. The van der Waals surface area contributed by atoms with Gasteiger partial charge in [0, 0.05) is 38.5 Å². The number of benzene rings is 2. The Hall–Kier alpha value is -3.38. The summed E-state index contributed by atoms with van der Waals surface area (Å²) in [4.78, 5) is 21.2. The first-order chi connectivity index (χ1) is 14.0. The summed E-state index contributed by atoms with van der Waals surface area (Å²) in [6.07, 6.45) is 1.74. The summed E-state index contributed by atoms with van der Waals surface area (Å²) in [6.45, 7) is 2.57. The standard InChI is InChI=1S/C23H24N4O2/c1-15-9-10-18(16(11-15)14-29-4)25-22-12-20-21(13-24-22)27(3)23(28)17-7-5-6-8-19(17)26(20)2/h5-13H,14H2,1-4H3,(H,24,25). The molecule has 0 saturated heterocycles. The van der Waals surface area contributed by atoms with E-state index in [0.717, 1.165) is 28.3 Å². The molecule has 1 aliphatic heterocycles. The first kappa shape index (κ1) is 19.0. The third-order valence-electron chi connectivity index (χ3n) is 5.21. The molecule has 2 heterocycles. The van der Waals surface area contributed by atoms with Crippen molar-refractivity contribution in [3.63, 3.8) is 0 Å². The molecular formula is C23H24N4O2. The Labute approximate surface area is 170 Å². The lowest BCUT2D eigenvalue weighted by Gasteiger charge is -2.23. The SMILES string of the molecule is COCc1cc(C)ccc1Nc1cc2c(cn1)N(C)C(=O)c1ccccc1N2C. The Bertz CT molecular complexity index is 1080. The zero-order chi connectivity index (χ0) is 20.5. The molecule has 1 aromatic heterocycles. The molecule has 1 amide bonds. The number of amides is 1. The van der Waals surface area contributed by atoms with Crippen molar-refractivity contribution in [2.75, 3.05) is 36.3 Å². The second-order valence-corrected chi connectivity index (χ2v) is 7.22. The van der Waals surface area contributed by atoms with Gasteiger partial charge in [0.1, 0.15) is 5.82 Å². The lowest BCUT2D eigenvalue weighted by molar-refractivity contribution is 0.0994. The van der Waals surface area contributed by atoms with Crippen molar-refractivity contribution in [1.29, 1.82) is 0 Å². The van der Waals surface area contributed by atoms with Gasteiger partial charge in [0.25, 0.3) is 5.91 Å². The Kier molecular flexibility index (Phi) is 4.94. The molecule has 0 saturated carbocycles. The summed E-state index contributed by atoms with van der Waals surface area (Å²) in [6, 6.07) is 15.8. The van der Waals surface area contributed by atoms with Crippen molar-refractivity contribution >= 4 is 34.5 Å². The van der Waals surface area contributed by atoms with E-state index in [0.29, 0.717) is 18.0 Å². The van der Waals surface area contributed by atoms with Crippen molar-refractivity contribution < 1.29 is 9.53 Å². The topological polar surface area (TPSA) is 57.7 Å². The first-order valence-electron chi connectivity index (χ1n) is 9.46. The smallest absolute Gasteiger partial charge is 0.260 e. The van der Waals surface area contributed by atoms with Gasteiger partial charge in [-0.05, 0) is 25.1 Å². The number of hydrogen-bond acceptors (Lipinski definition) is 5. The van der Waals surface area contributed by atoms with Gasteiger partial charge in [-0.2, -0.15) is 0 Å². The van der Waals surface area contributed by atoms with Gasteiger partial charge in [-0.1, -0.05) is 29.8 Å². The van der Waals surface area contributed by atoms with E-state index in [1.165, 1.54) is 5.56 Å². The van der Waals surface area contributed by atoms with Crippen LogP contribution >= 0.6 is 0 Å². The third-order valence-corrected chi connectivity index (χ3v) is 5.21. The van der Waals surface area contributed by atoms with Crippen molar-refractivity contribution in [3.05, 3.63) is 71.4 Å². The highest BCUT2D eigenvalue weighted by atomic mass is 16.5. The zero-order valence-electron chi connectivity index (χ0n) is 17.1. The van der Waals surface area contributed by atoms with Crippen LogP contribution in [0.4, 0.5) is 28.6 Å². The molecule has 0 spiro atoms. The third kappa shape index (κ3) is 3.43. The number of ether oxygens (including phenoxy) is 1. The minimum atomic E-state index is -0.0466. The second kappa shape index (κ2) is 7.56. The Morgan fingerprint density at radius 1 is 1.00 bits per heavy atom. The maximum atomic E-state index is 12.9. The fourth-order valence-electron chi connectivity index (χ4n) is 3.66. The molecule has 6 heteroatoms. The number of nitrogens with zero attached hydrogens (tertiary/aromatic N) is 3. The quantitative estimate of drug-likeness (QED) is 0.706. The van der Waals surface area contributed by atoms with Crippen LogP contribution in [-0.4, -0.2) is 32.1 Å². The van der Waals surface area contributed by atoms with Crippen LogP contribution in [0.5, 0.6) is 0 Å². The van der Waals surface area contributed by atoms with Gasteiger partial charge in [0.05, 0.1) is 35.4 Å². The van der Waals surface area contributed by atoms with E-state index in [1.54, 1.807) is 25.3 Å². The number of hydrogen-bond donors (Lipinski definition) is 1. The Morgan fingerprint density at radius 3 is 2.59 bits per heavy atom. The van der Waals surface area contributed by atoms with Crippen LogP contribution in [0, 0.1) is 6.92 Å². The van der Waals surface area contributed by atoms with Crippen molar-refractivity contribution in [2.45, 2.75) is 13.5 Å². The molecule has 1 N–H and O–H groups in total. The van der Waals surface area contributed by atoms with E-state index in [9.17, 15) is 4.79 Å². The van der Waals surface area contributed by atoms with E-state index < -0.39 is 0 Å². The van der Waals surface area contributed by atoms with Crippen LogP contribution in [0.15, 0.2) is 54.7 Å². The van der Waals surface area contributed by atoms with Gasteiger partial charge in [0.2, 0.25) is 0 Å². The summed E-state index contributed by atoms with van der Waals surface area (Å²) in [5.41, 5.74) is 6.40. The molecule has 148 valence electrons. The van der Waals surface area contributed by atoms with Crippen LogP contribution in [0.1, 0.15) is 21.5 Å². The minimum Gasteiger partial charge on any atom is -0.380 e. The van der Waals surface area contributed by atoms with E-state index in [4.69, 9.17) is 4.74 Å². The van der Waals surface area contributed by atoms with Crippen molar-refractivity contribution in [2.24, 2.45) is 0 Å². The fraction of sp³-hybridized carbons (Fsp3) is 0.217. The zero-order valence-corrected chi connectivity index (χ0v) is 17.1. The number of aryl methyl sites for hydroxylation is 1. The average Bonchev–Trinajstić information content (AvgIpc) is 2.81. The van der Waals surface area contributed by atoms with Crippen LogP contribution in [0.3, 0.4) is 0 Å². The highest BCUT2D eigenvalue weighted by Crippen LogP contribution is 2.40. The molecular weight excluding hydrogens is 364 g/mol. The number of rotatable bonds is 4. The molecule has 0 fully saturated rings. The number of fused-ring (bicyclic) bond motifs is 2. The summed E-state index contributed by atoms with van der Waals surface area (Å²) in [7, 11) is 5.44. The largest absolute Gasteiger partial charge is 0.380 e. The van der Waals surface area contributed by atoms with Gasteiger partial charge >= 0.3 is 0 Å². The van der Waals surface area contributed by atoms with Gasteiger partial charge < -0.3 is 19.9 Å². The van der Waals surface area contributed by atoms with Crippen LogP contribution in [-0.2, 0) is 11.3 Å². The predicted octanol–water partition coefficient (Wildman–Crippen LogP) is 4.64. The molecule has 0 unspecified atom stereocenters.